The number of rotatable bonds is 4. The van der Waals surface area contributed by atoms with Crippen molar-refractivity contribution < 1.29 is 19.4 Å². The van der Waals surface area contributed by atoms with Crippen LogP contribution in [0.4, 0.5) is 4.79 Å². The molecule has 0 saturated carbocycles. The van der Waals surface area contributed by atoms with Gasteiger partial charge >= 0.3 is 12.0 Å². The molecule has 1 aliphatic rings. The Morgan fingerprint density at radius 2 is 1.81 bits per heavy atom. The van der Waals surface area contributed by atoms with Gasteiger partial charge in [-0.05, 0) is 25.7 Å². The van der Waals surface area contributed by atoms with E-state index in [1.165, 1.54) is 4.90 Å². The number of urea groups is 1. The van der Waals surface area contributed by atoms with Crippen LogP contribution in [-0.4, -0.2) is 53.8 Å². The van der Waals surface area contributed by atoms with Crippen molar-refractivity contribution in [3.8, 4) is 0 Å². The first-order valence-corrected chi connectivity index (χ1v) is 7.28. The number of hydrogen-bond acceptors (Lipinski definition) is 3. The number of hydrogen-bond donors (Lipinski definition) is 2. The van der Waals surface area contributed by atoms with Gasteiger partial charge in [0.05, 0.1) is 19.3 Å². The van der Waals surface area contributed by atoms with Crippen molar-refractivity contribution in [3.05, 3.63) is 0 Å². The molecule has 1 rings (SSSR count). The lowest BCUT2D eigenvalue weighted by atomic mass is 9.82. The molecule has 0 aromatic carbocycles. The molecule has 2 amide bonds. The van der Waals surface area contributed by atoms with Crippen molar-refractivity contribution in [1.29, 1.82) is 0 Å². The monoisotopic (exact) mass is 300 g/mol. The van der Waals surface area contributed by atoms with Crippen molar-refractivity contribution in [1.82, 2.24) is 10.2 Å². The zero-order chi connectivity index (χ0) is 16.4. The molecule has 1 saturated heterocycles. The lowest BCUT2D eigenvalue weighted by molar-refractivity contribution is -0.142. The van der Waals surface area contributed by atoms with Crippen LogP contribution in [0.15, 0.2) is 0 Å². The van der Waals surface area contributed by atoms with Crippen LogP contribution in [0, 0.1) is 11.3 Å². The molecular formula is C15H28N2O4. The summed E-state index contributed by atoms with van der Waals surface area (Å²) >= 11 is 0. The molecule has 1 aliphatic heterocycles. The zero-order valence-corrected chi connectivity index (χ0v) is 13.9. The zero-order valence-electron chi connectivity index (χ0n) is 13.9. The Hall–Kier alpha value is -1.30. The Morgan fingerprint density at radius 1 is 1.24 bits per heavy atom. The number of nitrogens with one attached hydrogen (secondary N) is 1. The first kappa shape index (κ1) is 17.8. The molecule has 0 bridgehead atoms. The van der Waals surface area contributed by atoms with Crippen LogP contribution in [0.2, 0.25) is 0 Å². The Morgan fingerprint density at radius 3 is 2.29 bits per heavy atom. The quantitative estimate of drug-likeness (QED) is 0.831. The molecule has 0 spiro atoms. The highest BCUT2D eigenvalue weighted by molar-refractivity contribution is 5.77. The van der Waals surface area contributed by atoms with Crippen LogP contribution in [0.3, 0.4) is 0 Å². The third-order valence-electron chi connectivity index (χ3n) is 3.60. The van der Waals surface area contributed by atoms with Crippen LogP contribution in [-0.2, 0) is 9.53 Å². The van der Waals surface area contributed by atoms with Crippen LogP contribution in [0.1, 0.15) is 41.0 Å². The Labute approximate surface area is 126 Å². The maximum Gasteiger partial charge on any atom is 0.317 e. The van der Waals surface area contributed by atoms with Gasteiger partial charge in [-0.3, -0.25) is 4.79 Å². The third-order valence-corrected chi connectivity index (χ3v) is 3.60. The molecule has 2 N–H and O–H groups in total. The van der Waals surface area contributed by atoms with Crippen molar-refractivity contribution in [2.24, 2.45) is 11.3 Å². The molecule has 0 aromatic heterocycles. The number of carboxylic acid groups (broad SMARTS) is 1. The number of carboxylic acids is 1. The molecular weight excluding hydrogens is 272 g/mol. The second-order valence-electron chi connectivity index (χ2n) is 7.71. The lowest BCUT2D eigenvalue weighted by Crippen LogP contribution is -2.54. The molecule has 1 fully saturated rings. The van der Waals surface area contributed by atoms with E-state index >= 15 is 0 Å². The highest BCUT2D eigenvalue weighted by atomic mass is 16.5. The van der Waals surface area contributed by atoms with E-state index in [9.17, 15) is 9.59 Å². The summed E-state index contributed by atoms with van der Waals surface area (Å²) in [5, 5.41) is 12.1. The predicted molar refractivity (Wildman–Crippen MR) is 80.2 cm³/mol. The topological polar surface area (TPSA) is 78.9 Å². The first-order chi connectivity index (χ1) is 9.43. The molecule has 2 atom stereocenters. The van der Waals surface area contributed by atoms with Gasteiger partial charge in [-0.2, -0.15) is 0 Å². The normalized spacial score (nSPS) is 23.0. The Bertz CT molecular complexity index is 401. The van der Waals surface area contributed by atoms with E-state index in [2.05, 4.69) is 26.1 Å². The van der Waals surface area contributed by atoms with Gasteiger partial charge in [0.2, 0.25) is 0 Å². The number of amides is 2. The van der Waals surface area contributed by atoms with Crippen LogP contribution >= 0.6 is 0 Å². The Balaban J connectivity index is 2.68. The molecule has 21 heavy (non-hydrogen) atoms. The van der Waals surface area contributed by atoms with E-state index in [1.807, 2.05) is 13.8 Å². The molecule has 122 valence electrons. The molecule has 2 unspecified atom stereocenters. The fourth-order valence-corrected chi connectivity index (χ4v) is 3.06. The van der Waals surface area contributed by atoms with Crippen molar-refractivity contribution in [2.75, 3.05) is 20.3 Å². The summed E-state index contributed by atoms with van der Waals surface area (Å²) < 4.78 is 5.21. The average Bonchev–Trinajstić information content (AvgIpc) is 2.72. The maximum atomic E-state index is 12.4. The highest BCUT2D eigenvalue weighted by Crippen LogP contribution is 2.27. The molecule has 6 nitrogen and oxygen atoms in total. The van der Waals surface area contributed by atoms with Gasteiger partial charge in [0.1, 0.15) is 5.92 Å². The summed E-state index contributed by atoms with van der Waals surface area (Å²) in [5.41, 5.74) is -0.267. The third kappa shape index (κ3) is 5.19. The average molecular weight is 300 g/mol. The lowest BCUT2D eigenvalue weighted by Gasteiger charge is -2.36. The molecule has 1 heterocycles. The summed E-state index contributed by atoms with van der Waals surface area (Å²) in [6, 6.07) is -0.682. The number of likely N-dealkylation sites (N-methyl/N-ethyl adjacent to an activating group) is 1. The number of aliphatic carboxylic acids is 1. The predicted octanol–water partition coefficient (Wildman–Crippen LogP) is 1.94. The van der Waals surface area contributed by atoms with Crippen molar-refractivity contribution in [3.63, 3.8) is 0 Å². The highest BCUT2D eigenvalue weighted by Gasteiger charge is 2.39. The van der Waals surface area contributed by atoms with Crippen LogP contribution in [0.5, 0.6) is 0 Å². The van der Waals surface area contributed by atoms with Gasteiger partial charge < -0.3 is 20.1 Å². The minimum atomic E-state index is -0.925. The van der Waals surface area contributed by atoms with E-state index in [-0.39, 0.29) is 30.2 Å². The Kier molecular flexibility index (Phi) is 5.25. The van der Waals surface area contributed by atoms with E-state index in [1.54, 1.807) is 7.05 Å². The van der Waals surface area contributed by atoms with Crippen molar-refractivity contribution >= 4 is 12.0 Å². The molecule has 0 aliphatic carbocycles. The molecule has 6 heteroatoms. The van der Waals surface area contributed by atoms with E-state index in [0.717, 1.165) is 6.42 Å². The smallest absolute Gasteiger partial charge is 0.317 e. The summed E-state index contributed by atoms with van der Waals surface area (Å²) in [6.45, 7) is 10.7. The van der Waals surface area contributed by atoms with E-state index in [4.69, 9.17) is 9.84 Å². The maximum absolute atomic E-state index is 12.4. The minimum absolute atomic E-state index is 0.0927. The standard InChI is InChI=1S/C15H28N2O4/c1-14(2,3)9-15(4,5)16-13(20)17(6)11-8-21-7-10(11)12(18)19/h10-11H,7-9H2,1-6H3,(H,16,20)(H,18,19). The van der Waals surface area contributed by atoms with E-state index < -0.39 is 17.9 Å². The van der Waals surface area contributed by atoms with Crippen LogP contribution < -0.4 is 5.32 Å². The summed E-state index contributed by atoms with van der Waals surface area (Å²) in [7, 11) is 1.62. The van der Waals surface area contributed by atoms with E-state index in [0.29, 0.717) is 0 Å². The van der Waals surface area contributed by atoms with Gasteiger partial charge in [-0.25, -0.2) is 4.79 Å². The van der Waals surface area contributed by atoms with Gasteiger partial charge in [-0.15, -0.1) is 0 Å². The van der Waals surface area contributed by atoms with Gasteiger partial charge in [-0.1, -0.05) is 20.8 Å². The van der Waals surface area contributed by atoms with Crippen LogP contribution in [0.25, 0.3) is 0 Å². The SMILES string of the molecule is CN(C(=O)NC(C)(C)CC(C)(C)C)C1COCC1C(=O)O. The number of carbonyl (C=O) groups excluding carboxylic acids is 1. The summed E-state index contributed by atoms with van der Waals surface area (Å²) in [4.78, 5) is 25.0. The van der Waals surface area contributed by atoms with Gasteiger partial charge in [0, 0.05) is 12.6 Å². The summed E-state index contributed by atoms with van der Waals surface area (Å²) in [5.74, 6) is -1.59. The fraction of sp³-hybridized carbons (Fsp3) is 0.867. The van der Waals surface area contributed by atoms with Crippen molar-refractivity contribution in [2.45, 2.75) is 52.6 Å². The number of ether oxygens (including phenoxy) is 1. The van der Waals surface area contributed by atoms with Gasteiger partial charge in [0.25, 0.3) is 0 Å². The molecule has 0 radical (unpaired) electrons. The summed E-state index contributed by atoms with van der Waals surface area (Å²) in [6.07, 6.45) is 0.823. The largest absolute Gasteiger partial charge is 0.481 e. The second kappa shape index (κ2) is 6.22. The minimum Gasteiger partial charge on any atom is -0.481 e. The second-order valence-corrected chi connectivity index (χ2v) is 7.71. The van der Waals surface area contributed by atoms with Gasteiger partial charge in [0.15, 0.2) is 0 Å². The molecule has 0 aromatic rings. The number of nitrogens with zero attached hydrogens (tertiary/aromatic N) is 1. The number of carbonyl (C=O) groups is 2. The fourth-order valence-electron chi connectivity index (χ4n) is 3.06. The first-order valence-electron chi connectivity index (χ1n) is 7.28.